The van der Waals surface area contributed by atoms with Crippen molar-refractivity contribution < 1.29 is 4.79 Å². The normalized spacial score (nSPS) is 16.2. The van der Waals surface area contributed by atoms with Crippen LogP contribution in [0, 0.1) is 0 Å². The summed E-state index contributed by atoms with van der Waals surface area (Å²) in [5.41, 5.74) is 4.65. The summed E-state index contributed by atoms with van der Waals surface area (Å²) in [6.45, 7) is 5.69. The lowest BCUT2D eigenvalue weighted by Gasteiger charge is -2.26. The lowest BCUT2D eigenvalue weighted by atomic mass is 10.1. The summed E-state index contributed by atoms with van der Waals surface area (Å²) in [7, 11) is 0. The second-order valence-electron chi connectivity index (χ2n) is 4.31. The van der Waals surface area contributed by atoms with Crippen LogP contribution in [0.2, 0.25) is 0 Å². The van der Waals surface area contributed by atoms with Gasteiger partial charge in [-0.25, -0.2) is 5.01 Å². The smallest absolute Gasteiger partial charge is 0.261 e. The molecule has 0 aliphatic carbocycles. The molecule has 1 N–H and O–H groups in total. The molecule has 0 radical (unpaired) electrons. The van der Waals surface area contributed by atoms with E-state index in [-0.39, 0.29) is 5.91 Å². The number of hydrogen-bond donors (Lipinski definition) is 1. The van der Waals surface area contributed by atoms with Crippen LogP contribution >= 0.6 is 11.8 Å². The standard InChI is InChI=1S/C14H18N2OS/c1-12(11-13-5-3-2-4-6-13)14(17)15-16-7-9-18-10-8-16/h2-6H,1,7-11H2,(H,15,17). The fourth-order valence-electron chi connectivity index (χ4n) is 1.82. The largest absolute Gasteiger partial charge is 0.285 e. The second-order valence-corrected chi connectivity index (χ2v) is 5.53. The van der Waals surface area contributed by atoms with Gasteiger partial charge in [-0.1, -0.05) is 36.9 Å². The second kappa shape index (κ2) is 6.61. The van der Waals surface area contributed by atoms with Gasteiger partial charge in [0.15, 0.2) is 0 Å². The molecule has 0 atom stereocenters. The van der Waals surface area contributed by atoms with Gasteiger partial charge in [0.05, 0.1) is 0 Å². The molecule has 0 saturated carbocycles. The van der Waals surface area contributed by atoms with Crippen molar-refractivity contribution in [3.63, 3.8) is 0 Å². The zero-order valence-corrected chi connectivity index (χ0v) is 11.2. The van der Waals surface area contributed by atoms with Gasteiger partial charge in [0.1, 0.15) is 0 Å². The van der Waals surface area contributed by atoms with Crippen LogP contribution in [0.15, 0.2) is 42.5 Å². The van der Waals surface area contributed by atoms with Gasteiger partial charge in [-0.15, -0.1) is 0 Å². The summed E-state index contributed by atoms with van der Waals surface area (Å²) in [6, 6.07) is 9.94. The van der Waals surface area contributed by atoms with Crippen molar-refractivity contribution in [3.8, 4) is 0 Å². The minimum absolute atomic E-state index is 0.0641. The van der Waals surface area contributed by atoms with Gasteiger partial charge >= 0.3 is 0 Å². The number of hydrogen-bond acceptors (Lipinski definition) is 3. The zero-order valence-electron chi connectivity index (χ0n) is 10.4. The van der Waals surface area contributed by atoms with Gasteiger partial charge in [0.25, 0.3) is 5.91 Å². The number of nitrogens with one attached hydrogen (secondary N) is 1. The third-order valence-corrected chi connectivity index (χ3v) is 3.79. The van der Waals surface area contributed by atoms with Crippen molar-refractivity contribution in [2.75, 3.05) is 24.6 Å². The van der Waals surface area contributed by atoms with Crippen LogP contribution in [0.1, 0.15) is 5.56 Å². The van der Waals surface area contributed by atoms with E-state index in [1.807, 2.05) is 47.1 Å². The van der Waals surface area contributed by atoms with Gasteiger partial charge in [0, 0.05) is 36.6 Å². The highest BCUT2D eigenvalue weighted by Gasteiger charge is 2.14. The first-order chi connectivity index (χ1) is 8.75. The highest BCUT2D eigenvalue weighted by Crippen LogP contribution is 2.09. The van der Waals surface area contributed by atoms with E-state index in [2.05, 4.69) is 12.0 Å². The molecule has 0 spiro atoms. The molecule has 3 nitrogen and oxygen atoms in total. The number of carbonyl (C=O) groups excluding carboxylic acids is 1. The molecule has 1 heterocycles. The molecule has 2 rings (SSSR count). The molecule has 0 bridgehead atoms. The Morgan fingerprint density at radius 3 is 2.61 bits per heavy atom. The Kier molecular flexibility index (Phi) is 4.84. The molecule has 1 fully saturated rings. The van der Waals surface area contributed by atoms with E-state index < -0.39 is 0 Å². The summed E-state index contributed by atoms with van der Waals surface area (Å²) in [5, 5.41) is 1.98. The van der Waals surface area contributed by atoms with E-state index in [4.69, 9.17) is 0 Å². The van der Waals surface area contributed by atoms with E-state index in [1.165, 1.54) is 0 Å². The van der Waals surface area contributed by atoms with Crippen LogP contribution < -0.4 is 5.43 Å². The topological polar surface area (TPSA) is 32.3 Å². The summed E-state index contributed by atoms with van der Waals surface area (Å²) in [6.07, 6.45) is 0.606. The van der Waals surface area contributed by atoms with Crippen LogP contribution in [0.5, 0.6) is 0 Å². The fraction of sp³-hybridized carbons (Fsp3) is 0.357. The van der Waals surface area contributed by atoms with Crippen molar-refractivity contribution in [1.29, 1.82) is 0 Å². The minimum atomic E-state index is -0.0641. The van der Waals surface area contributed by atoms with Crippen LogP contribution in [0.4, 0.5) is 0 Å². The van der Waals surface area contributed by atoms with Crippen LogP contribution in [0.3, 0.4) is 0 Å². The van der Waals surface area contributed by atoms with E-state index in [0.717, 1.165) is 30.2 Å². The number of amides is 1. The molecule has 4 heteroatoms. The molecule has 1 aromatic rings. The third kappa shape index (κ3) is 3.89. The summed E-state index contributed by atoms with van der Waals surface area (Å²) >= 11 is 1.92. The molecule has 1 saturated heterocycles. The van der Waals surface area contributed by atoms with Crippen molar-refractivity contribution in [2.45, 2.75) is 6.42 Å². The van der Waals surface area contributed by atoms with Crippen molar-refractivity contribution >= 4 is 17.7 Å². The Labute approximate surface area is 112 Å². The predicted molar refractivity (Wildman–Crippen MR) is 76.3 cm³/mol. The van der Waals surface area contributed by atoms with E-state index in [1.54, 1.807) is 0 Å². The van der Waals surface area contributed by atoms with Crippen molar-refractivity contribution in [2.24, 2.45) is 0 Å². The average molecular weight is 262 g/mol. The Morgan fingerprint density at radius 2 is 1.94 bits per heavy atom. The average Bonchev–Trinajstić information content (AvgIpc) is 2.41. The quantitative estimate of drug-likeness (QED) is 0.841. The van der Waals surface area contributed by atoms with Crippen LogP contribution in [-0.4, -0.2) is 35.5 Å². The maximum absolute atomic E-state index is 12.0. The maximum Gasteiger partial charge on any atom is 0.261 e. The van der Waals surface area contributed by atoms with Crippen molar-refractivity contribution in [3.05, 3.63) is 48.0 Å². The molecule has 0 aromatic heterocycles. The molecule has 1 aliphatic heterocycles. The number of nitrogens with zero attached hydrogens (tertiary/aromatic N) is 1. The van der Waals surface area contributed by atoms with E-state index in [9.17, 15) is 4.79 Å². The number of rotatable bonds is 4. The molecule has 1 amide bonds. The zero-order chi connectivity index (χ0) is 12.8. The Hall–Kier alpha value is -1.26. The molecule has 1 aromatic carbocycles. The van der Waals surface area contributed by atoms with E-state index >= 15 is 0 Å². The first kappa shape index (κ1) is 13.2. The Morgan fingerprint density at radius 1 is 1.28 bits per heavy atom. The first-order valence-electron chi connectivity index (χ1n) is 6.11. The number of carbonyl (C=O) groups is 1. The number of benzene rings is 1. The van der Waals surface area contributed by atoms with Gasteiger partial charge in [-0.05, 0) is 5.56 Å². The number of hydrazine groups is 1. The molecular weight excluding hydrogens is 244 g/mol. The van der Waals surface area contributed by atoms with Gasteiger partial charge in [0.2, 0.25) is 0 Å². The van der Waals surface area contributed by atoms with Crippen LogP contribution in [-0.2, 0) is 11.2 Å². The van der Waals surface area contributed by atoms with Crippen molar-refractivity contribution in [1.82, 2.24) is 10.4 Å². The first-order valence-corrected chi connectivity index (χ1v) is 7.26. The fourth-order valence-corrected chi connectivity index (χ4v) is 2.72. The Balaban J connectivity index is 1.83. The monoisotopic (exact) mass is 262 g/mol. The lowest BCUT2D eigenvalue weighted by Crippen LogP contribution is -2.47. The summed E-state index contributed by atoms with van der Waals surface area (Å²) < 4.78 is 0. The van der Waals surface area contributed by atoms with Gasteiger partial charge < -0.3 is 0 Å². The minimum Gasteiger partial charge on any atom is -0.285 e. The number of thioether (sulfide) groups is 1. The van der Waals surface area contributed by atoms with Gasteiger partial charge in [-0.3, -0.25) is 10.2 Å². The molecule has 1 aliphatic rings. The summed E-state index contributed by atoms with van der Waals surface area (Å²) in [4.78, 5) is 12.0. The van der Waals surface area contributed by atoms with E-state index in [0.29, 0.717) is 12.0 Å². The SMILES string of the molecule is C=C(Cc1ccccc1)C(=O)NN1CCSCC1. The lowest BCUT2D eigenvalue weighted by molar-refractivity contribution is -0.122. The maximum atomic E-state index is 12.0. The highest BCUT2D eigenvalue weighted by atomic mass is 32.2. The molecule has 0 unspecified atom stereocenters. The highest BCUT2D eigenvalue weighted by molar-refractivity contribution is 7.99. The van der Waals surface area contributed by atoms with Crippen LogP contribution in [0.25, 0.3) is 0 Å². The van der Waals surface area contributed by atoms with Gasteiger partial charge in [-0.2, -0.15) is 11.8 Å². The molecule has 18 heavy (non-hydrogen) atoms. The summed E-state index contributed by atoms with van der Waals surface area (Å²) in [5.74, 6) is 2.09. The Bertz CT molecular complexity index is 413. The predicted octanol–water partition coefficient (Wildman–Crippen LogP) is 1.87. The third-order valence-electron chi connectivity index (χ3n) is 2.85. The molecule has 96 valence electrons. The molecular formula is C14H18N2OS.